The Kier molecular flexibility index (Phi) is 5.63. The van der Waals surface area contributed by atoms with Crippen LogP contribution in [0.3, 0.4) is 0 Å². The molecule has 0 aliphatic carbocycles. The summed E-state index contributed by atoms with van der Waals surface area (Å²) in [5.41, 5.74) is 1.38. The van der Waals surface area contributed by atoms with E-state index in [2.05, 4.69) is 26.2 Å². The first-order valence-corrected chi connectivity index (χ1v) is 5.83. The van der Waals surface area contributed by atoms with E-state index in [4.69, 9.17) is 5.11 Å². The van der Waals surface area contributed by atoms with E-state index in [1.54, 1.807) is 30.5 Å². The van der Waals surface area contributed by atoms with Crippen molar-refractivity contribution in [3.05, 3.63) is 35.4 Å². The van der Waals surface area contributed by atoms with Crippen LogP contribution in [0, 0.1) is 0 Å². The van der Waals surface area contributed by atoms with E-state index in [0.717, 1.165) is 10.2 Å². The first-order valence-electron chi connectivity index (χ1n) is 4.97. The molecule has 4 nitrogen and oxygen atoms in total. The fourth-order valence-corrected chi connectivity index (χ4v) is 1.24. The van der Waals surface area contributed by atoms with E-state index in [-0.39, 0.29) is 12.4 Å². The van der Waals surface area contributed by atoms with Gasteiger partial charge in [-0.15, -0.1) is 0 Å². The molecule has 1 aromatic rings. The van der Waals surface area contributed by atoms with E-state index < -0.39 is 0 Å². The number of aromatic hydroxyl groups is 1. The predicted molar refractivity (Wildman–Crippen MR) is 70.4 cm³/mol. The zero-order chi connectivity index (χ0) is 12.7. The molecule has 1 rings (SSSR count). The SMILES string of the molecule is CC([Se])=NN=C/C=C/c1ccc(O)c(CO)c1. The summed E-state index contributed by atoms with van der Waals surface area (Å²) in [7, 11) is 0. The molecule has 0 amide bonds. The average molecular weight is 296 g/mol. The Morgan fingerprint density at radius 3 is 2.88 bits per heavy atom. The Balaban J connectivity index is 2.72. The molecule has 0 unspecified atom stereocenters. The van der Waals surface area contributed by atoms with Crippen LogP contribution in [0.5, 0.6) is 5.75 Å². The third-order valence-electron chi connectivity index (χ3n) is 1.91. The first-order chi connectivity index (χ1) is 8.13. The molecular weight excluding hydrogens is 283 g/mol. The van der Waals surface area contributed by atoms with Crippen molar-refractivity contribution in [1.29, 1.82) is 0 Å². The van der Waals surface area contributed by atoms with Crippen molar-refractivity contribution in [2.24, 2.45) is 10.2 Å². The minimum atomic E-state index is -0.184. The van der Waals surface area contributed by atoms with Crippen LogP contribution in [0.2, 0.25) is 0 Å². The van der Waals surface area contributed by atoms with Crippen LogP contribution in [0.4, 0.5) is 0 Å². The number of aliphatic hydroxyl groups is 1. The fourth-order valence-electron chi connectivity index (χ4n) is 1.14. The van der Waals surface area contributed by atoms with Gasteiger partial charge < -0.3 is 0 Å². The number of benzene rings is 1. The van der Waals surface area contributed by atoms with Crippen LogP contribution < -0.4 is 0 Å². The third kappa shape index (κ3) is 4.95. The molecule has 2 N–H and O–H groups in total. The van der Waals surface area contributed by atoms with Crippen molar-refractivity contribution < 1.29 is 10.2 Å². The summed E-state index contributed by atoms with van der Waals surface area (Å²) >= 11 is 2.73. The van der Waals surface area contributed by atoms with E-state index in [0.29, 0.717) is 5.56 Å². The number of hydrogen-bond donors (Lipinski definition) is 2. The standard InChI is InChI=1S/C12H13N2O2Se/c1-9(17)14-13-6-2-3-10-4-5-12(16)11(7-10)8-15/h2-7,15-16H,8H2,1H3/b3-2+,13-6?,14-9?. The van der Waals surface area contributed by atoms with Gasteiger partial charge in [-0.25, -0.2) is 0 Å². The molecule has 0 aromatic heterocycles. The molecule has 5 heteroatoms. The van der Waals surface area contributed by atoms with Gasteiger partial charge in [0.25, 0.3) is 0 Å². The number of rotatable bonds is 4. The van der Waals surface area contributed by atoms with Crippen LogP contribution in [0.25, 0.3) is 6.08 Å². The van der Waals surface area contributed by atoms with Crippen LogP contribution in [0.1, 0.15) is 18.1 Å². The second-order valence-corrected chi connectivity index (χ2v) is 4.53. The second kappa shape index (κ2) is 7.01. The van der Waals surface area contributed by atoms with Gasteiger partial charge in [-0.2, -0.15) is 0 Å². The van der Waals surface area contributed by atoms with Crippen molar-refractivity contribution in [2.45, 2.75) is 13.5 Å². The van der Waals surface area contributed by atoms with Gasteiger partial charge in [0.2, 0.25) is 0 Å². The maximum atomic E-state index is 9.37. The molecular formula is C12H13N2O2Se. The van der Waals surface area contributed by atoms with Gasteiger partial charge in [-0.05, 0) is 0 Å². The molecule has 0 spiro atoms. The van der Waals surface area contributed by atoms with Crippen LogP contribution in [-0.4, -0.2) is 37.1 Å². The monoisotopic (exact) mass is 297 g/mol. The Hall–Kier alpha value is -1.42. The van der Waals surface area contributed by atoms with Crippen molar-refractivity contribution in [3.63, 3.8) is 0 Å². The first kappa shape index (κ1) is 13.6. The fraction of sp³-hybridized carbons (Fsp3) is 0.167. The van der Waals surface area contributed by atoms with E-state index in [1.807, 2.05) is 13.0 Å². The summed E-state index contributed by atoms with van der Waals surface area (Å²) in [6, 6.07) is 5.01. The van der Waals surface area contributed by atoms with Gasteiger partial charge in [0, 0.05) is 0 Å². The molecule has 0 atom stereocenters. The van der Waals surface area contributed by atoms with Crippen LogP contribution >= 0.6 is 0 Å². The van der Waals surface area contributed by atoms with Gasteiger partial charge in [0.05, 0.1) is 0 Å². The predicted octanol–water partition coefficient (Wildman–Crippen LogP) is 1.47. The molecule has 0 heterocycles. The summed E-state index contributed by atoms with van der Waals surface area (Å²) < 4.78 is 0.766. The molecule has 0 aliphatic rings. The summed E-state index contributed by atoms with van der Waals surface area (Å²) in [6.45, 7) is 1.63. The number of phenols is 1. The van der Waals surface area contributed by atoms with Gasteiger partial charge in [-0.1, -0.05) is 0 Å². The Bertz CT molecular complexity index is 464. The average Bonchev–Trinajstić information content (AvgIpc) is 2.30. The molecule has 0 aliphatic heterocycles. The molecule has 17 heavy (non-hydrogen) atoms. The van der Waals surface area contributed by atoms with E-state index in [9.17, 15) is 5.11 Å². The van der Waals surface area contributed by atoms with Crippen LogP contribution in [0.15, 0.2) is 34.5 Å². The molecule has 0 saturated carbocycles. The van der Waals surface area contributed by atoms with Crippen molar-refractivity contribution in [1.82, 2.24) is 0 Å². The van der Waals surface area contributed by atoms with Gasteiger partial charge in [0.1, 0.15) is 0 Å². The molecule has 0 bridgehead atoms. The summed E-state index contributed by atoms with van der Waals surface area (Å²) in [6.07, 6.45) is 5.11. The van der Waals surface area contributed by atoms with Crippen molar-refractivity contribution in [2.75, 3.05) is 0 Å². The Labute approximate surface area is 108 Å². The topological polar surface area (TPSA) is 65.2 Å². The summed E-state index contributed by atoms with van der Waals surface area (Å²) in [5, 5.41) is 26.0. The zero-order valence-electron chi connectivity index (χ0n) is 9.37. The maximum absolute atomic E-state index is 9.37. The number of aliphatic hydroxyl groups excluding tert-OH is 1. The molecule has 89 valence electrons. The molecule has 0 saturated heterocycles. The summed E-state index contributed by atoms with van der Waals surface area (Å²) in [4.78, 5) is 0. The van der Waals surface area contributed by atoms with Crippen molar-refractivity contribution in [3.8, 4) is 5.75 Å². The van der Waals surface area contributed by atoms with Gasteiger partial charge >= 0.3 is 108 Å². The van der Waals surface area contributed by atoms with E-state index >= 15 is 0 Å². The van der Waals surface area contributed by atoms with Gasteiger partial charge in [0.15, 0.2) is 0 Å². The van der Waals surface area contributed by atoms with E-state index in [1.165, 1.54) is 0 Å². The van der Waals surface area contributed by atoms with Crippen LogP contribution in [-0.2, 0) is 6.61 Å². The molecule has 0 fully saturated rings. The molecule has 1 aromatic carbocycles. The Morgan fingerprint density at radius 2 is 2.24 bits per heavy atom. The number of hydrogen-bond acceptors (Lipinski definition) is 4. The molecule has 1 radical (unpaired) electrons. The third-order valence-corrected chi connectivity index (χ3v) is 2.09. The Morgan fingerprint density at radius 1 is 1.47 bits per heavy atom. The van der Waals surface area contributed by atoms with Gasteiger partial charge in [-0.3, -0.25) is 0 Å². The second-order valence-electron chi connectivity index (χ2n) is 3.29. The summed E-state index contributed by atoms with van der Waals surface area (Å²) in [5.74, 6) is 0.0973. The quantitative estimate of drug-likeness (QED) is 0.502. The van der Waals surface area contributed by atoms with Crippen molar-refractivity contribution >= 4 is 32.9 Å². The zero-order valence-corrected chi connectivity index (χ0v) is 11.1. The normalized spacial score (nSPS) is 12.7. The minimum absolute atomic E-state index is 0.0973. The number of allylic oxidation sites excluding steroid dienone is 1. The number of nitrogens with zero attached hydrogens (tertiary/aromatic N) is 2.